The van der Waals surface area contributed by atoms with Crippen LogP contribution in [-0.4, -0.2) is 149 Å². The summed E-state index contributed by atoms with van der Waals surface area (Å²) in [5, 5.41) is 19.6. The molecular weight excluding hydrogens is 1450 g/mol. The summed E-state index contributed by atoms with van der Waals surface area (Å²) in [4.78, 5) is 114. The van der Waals surface area contributed by atoms with Gasteiger partial charge in [0, 0.05) is 44.2 Å². The summed E-state index contributed by atoms with van der Waals surface area (Å²) in [5.41, 5.74) is 18.0. The number of hydrogen-bond donors (Lipinski definition) is 5. The number of nitrogens with zero attached hydrogens (tertiary/aromatic N) is 18. The second-order valence-corrected chi connectivity index (χ2v) is 20.6. The topological polar surface area (TPSA) is 450 Å². The van der Waals surface area contributed by atoms with Gasteiger partial charge in [-0.05, 0) is 100 Å². The zero-order chi connectivity index (χ0) is 74.6. The molecule has 0 unspecified atom stereocenters. The molecule has 0 aliphatic rings. The number of nitrogens with one attached hydrogen (secondary N) is 1. The van der Waals surface area contributed by atoms with Crippen molar-refractivity contribution in [2.45, 2.75) is 64.5 Å². The summed E-state index contributed by atoms with van der Waals surface area (Å²) >= 11 is 8.08. The van der Waals surface area contributed by atoms with Crippen molar-refractivity contribution in [2.24, 2.45) is 17.2 Å². The van der Waals surface area contributed by atoms with Gasteiger partial charge in [0.25, 0.3) is 0 Å². The van der Waals surface area contributed by atoms with Crippen molar-refractivity contribution in [2.75, 3.05) is 19.8 Å². The minimum absolute atomic E-state index is 0.0549. The number of carboxylic acid groups (broad SMARTS) is 1. The van der Waals surface area contributed by atoms with E-state index in [9.17, 15) is 58.7 Å². The Balaban J connectivity index is 0.000000172. The van der Waals surface area contributed by atoms with Crippen LogP contribution in [0, 0.1) is 12.3 Å². The third kappa shape index (κ3) is 20.3. The van der Waals surface area contributed by atoms with Crippen LogP contribution in [0.15, 0.2) is 111 Å². The van der Waals surface area contributed by atoms with Gasteiger partial charge in [-0.3, -0.25) is 10.2 Å². The van der Waals surface area contributed by atoms with E-state index in [2.05, 4.69) is 106 Å². The van der Waals surface area contributed by atoms with Gasteiger partial charge in [-0.1, -0.05) is 28.1 Å². The Kier molecular flexibility index (Phi) is 26.3. The number of carboxylic acids is 1. The Morgan fingerprint density at radius 3 is 1.15 bits per heavy atom. The van der Waals surface area contributed by atoms with Crippen molar-refractivity contribution in [1.82, 2.24) is 89.7 Å². The smallest absolute Gasteiger partial charge is 0.433 e. The molecule has 8 N–H and O–H groups in total. The maximum Gasteiger partial charge on any atom is 0.433 e. The van der Waals surface area contributed by atoms with Crippen LogP contribution in [0.2, 0.25) is 0 Å². The number of ether oxygens (including phenoxy) is 3. The molecule has 12 heterocycles. The van der Waals surface area contributed by atoms with Gasteiger partial charge >= 0.3 is 42.4 Å². The number of rotatable bonds is 12. The molecule has 0 aromatic carbocycles. The number of pyridine rings is 6. The minimum atomic E-state index is -4.56. The van der Waals surface area contributed by atoms with Crippen LogP contribution < -0.4 is 17.2 Å². The zero-order valence-corrected chi connectivity index (χ0v) is 55.3. The van der Waals surface area contributed by atoms with Crippen molar-refractivity contribution in [3.05, 3.63) is 179 Å². The van der Waals surface area contributed by atoms with E-state index in [1.807, 2.05) is 0 Å². The van der Waals surface area contributed by atoms with Crippen LogP contribution >= 0.6 is 28.1 Å². The number of fused-ring (bicyclic) bond motifs is 6. The van der Waals surface area contributed by atoms with Gasteiger partial charge in [0.05, 0.1) is 49.0 Å². The van der Waals surface area contributed by atoms with Gasteiger partial charge in [0.2, 0.25) is 0 Å². The first-order chi connectivity index (χ1) is 48.4. The fraction of sp³-hybridized carbons (Fsp3) is 0.213. The molecule has 0 radical (unpaired) electrons. The fourth-order valence-corrected chi connectivity index (χ4v) is 8.94. The van der Waals surface area contributed by atoms with E-state index in [-0.39, 0.29) is 62.5 Å². The number of amidine groups is 1. The number of aliphatic carboxylic acids is 1. The number of carbonyl (C=O) groups excluding carboxylic acids is 3. The number of hydrogen-bond acceptors (Lipinski definition) is 28. The number of halogens is 10. The largest absolute Gasteiger partial charge is 0.481 e. The SMILES string of the molecule is CCOC(=O)c1ccc2c(C(=N)N)ncnc2n1.CCOC(=O)c1ccc2c(C(N)=S)ncnc2n1.CCOC(=O)c1ccc2c(CN)ncnc2n1.Cc1ncnc2nc(C(F)(F)F)ccc12.FC(F)(F)c1ccc2c(CBr)ncnc2n1.O=C(O)Cc1ncnc2nc(C(F)(F)F)ccc12. The van der Waals surface area contributed by atoms with Crippen molar-refractivity contribution in [3.63, 3.8) is 0 Å². The fourth-order valence-electron chi connectivity index (χ4n) is 8.33. The molecule has 12 aromatic heterocycles. The van der Waals surface area contributed by atoms with E-state index in [0.29, 0.717) is 92.0 Å². The van der Waals surface area contributed by atoms with Gasteiger partial charge in [-0.2, -0.15) is 39.5 Å². The summed E-state index contributed by atoms with van der Waals surface area (Å²) in [6.45, 7) is 8.07. The van der Waals surface area contributed by atoms with Crippen LogP contribution in [0.3, 0.4) is 0 Å². The summed E-state index contributed by atoms with van der Waals surface area (Å²) in [6.07, 6.45) is -6.52. The molecule has 0 saturated carbocycles. The van der Waals surface area contributed by atoms with E-state index in [4.69, 9.17) is 54.1 Å². The number of carbonyl (C=O) groups is 4. The summed E-state index contributed by atoms with van der Waals surface area (Å²) in [5.74, 6) is -2.76. The van der Waals surface area contributed by atoms with Crippen LogP contribution in [0.25, 0.3) is 66.2 Å². The zero-order valence-electron chi connectivity index (χ0n) is 52.9. The highest BCUT2D eigenvalue weighted by atomic mass is 79.9. The predicted molar refractivity (Wildman–Crippen MR) is 350 cm³/mol. The highest BCUT2D eigenvalue weighted by molar-refractivity contribution is 9.08. The van der Waals surface area contributed by atoms with Crippen molar-refractivity contribution < 1.29 is 78.0 Å². The van der Waals surface area contributed by atoms with E-state index >= 15 is 0 Å². The average Bonchev–Trinajstić information content (AvgIpc) is 0.837. The van der Waals surface area contributed by atoms with Crippen molar-refractivity contribution >= 4 is 129 Å². The molecule has 0 fully saturated rings. The molecule has 0 aliphatic carbocycles. The molecule has 41 heteroatoms. The lowest BCUT2D eigenvalue weighted by Crippen LogP contribution is -2.15. The molecule has 0 amide bonds. The van der Waals surface area contributed by atoms with Crippen LogP contribution in [0.1, 0.15) is 103 Å². The quantitative estimate of drug-likeness (QED) is 0.0145. The van der Waals surface area contributed by atoms with E-state index in [1.54, 1.807) is 52.0 Å². The third-order valence-corrected chi connectivity index (χ3v) is 13.6. The lowest BCUT2D eigenvalue weighted by molar-refractivity contribution is -0.141. The summed E-state index contributed by atoms with van der Waals surface area (Å²) < 4.78 is 126. The van der Waals surface area contributed by atoms with Crippen LogP contribution in [0.5, 0.6) is 0 Å². The lowest BCUT2D eigenvalue weighted by Gasteiger charge is -2.07. The number of aromatic nitrogens is 18. The van der Waals surface area contributed by atoms with Gasteiger partial charge in [0.1, 0.15) is 77.3 Å². The Labute approximate surface area is 580 Å². The molecule has 12 aromatic rings. The molecule has 12 rings (SSSR count). The third-order valence-electron chi connectivity index (χ3n) is 12.9. The number of nitrogen functional groups attached to an aromatic ring is 1. The molecule has 0 saturated heterocycles. The molecule has 0 aliphatic heterocycles. The normalized spacial score (nSPS) is 11.1. The Morgan fingerprint density at radius 1 is 0.451 bits per heavy atom. The molecule has 102 heavy (non-hydrogen) atoms. The maximum atomic E-state index is 12.4. The summed E-state index contributed by atoms with van der Waals surface area (Å²) in [7, 11) is 0. The van der Waals surface area contributed by atoms with Gasteiger partial charge in [0.15, 0.2) is 51.0 Å². The lowest BCUT2D eigenvalue weighted by atomic mass is 10.2. The van der Waals surface area contributed by atoms with Crippen molar-refractivity contribution in [1.29, 1.82) is 5.41 Å². The first-order valence-corrected chi connectivity index (χ1v) is 30.4. The number of esters is 3. The molecule has 30 nitrogen and oxygen atoms in total. The second kappa shape index (κ2) is 34.7. The Bertz CT molecular complexity index is 4980. The van der Waals surface area contributed by atoms with Gasteiger partial charge < -0.3 is 36.5 Å². The maximum absolute atomic E-state index is 12.4. The number of thiocarbonyl (C=S) groups is 1. The highest BCUT2D eigenvalue weighted by Gasteiger charge is 2.35. The first kappa shape index (κ1) is 77.3. The monoisotopic (exact) mass is 1500 g/mol. The Morgan fingerprint density at radius 2 is 0.765 bits per heavy atom. The van der Waals surface area contributed by atoms with Crippen LogP contribution in [-0.2, 0) is 55.8 Å². The van der Waals surface area contributed by atoms with Gasteiger partial charge in [-0.15, -0.1) is 0 Å². The predicted octanol–water partition coefficient (Wildman–Crippen LogP) is 8.94. The van der Waals surface area contributed by atoms with Gasteiger partial charge in [-0.25, -0.2) is 104 Å². The molecule has 0 spiro atoms. The number of aryl methyl sites for hydroxylation is 1. The molecule has 528 valence electrons. The first-order valence-electron chi connectivity index (χ1n) is 28.9. The molecule has 0 atom stereocenters. The van der Waals surface area contributed by atoms with E-state index in [0.717, 1.165) is 36.0 Å². The highest BCUT2D eigenvalue weighted by Crippen LogP contribution is 2.32. The van der Waals surface area contributed by atoms with E-state index in [1.165, 1.54) is 55.9 Å². The number of alkyl halides is 10. The molecule has 0 bridgehead atoms. The second-order valence-electron chi connectivity index (χ2n) is 19.6. The standard InChI is InChI=1S/C11H11N5O2.C11H10N4O2S.C11H12N4O2.C10H6F3N3O2.C9H5BrF3N3.C9H6F3N3/c1-2-18-11(17)7-4-3-6-8(9(12)13)14-5-15-10(6)16-7;1-2-17-11(16)7-4-3-6-8(9(12)18)13-5-14-10(6)15-7;1-2-17-11(16)8-4-3-7-9(5-12)13-6-14-10(7)15-8;11-10(12,13)7-2-1-5-6(3-8(17)18)14-4-15-9(5)16-7;10-3-6-5-1-2-7(9(11,12)13)16-8(5)15-4-14-6;1-5-6-2-3-7(9(10,11)12)15-8(6)14-4-13-5/h3-5H,2H2,1H3,(H3,12,13);3-5H,2H2,1H3,(H2,12,18);3-4,6H,2,5,12H2,1H3;1-2,4H,3H2,(H,17,18);1-2,4H,3H2;2-4H,1H3. The number of nitrogens with two attached hydrogens (primary N) is 3. The van der Waals surface area contributed by atoms with E-state index < -0.39 is 65.9 Å². The minimum Gasteiger partial charge on any atom is -0.481 e. The average molecular weight is 1500 g/mol. The molecular formula is C61H50BrF9N22O8S. The Hall–Kier alpha value is -12.0. The van der Waals surface area contributed by atoms with Crippen molar-refractivity contribution in [3.8, 4) is 0 Å². The summed E-state index contributed by atoms with van der Waals surface area (Å²) in [6, 6.07) is 16.0. The van der Waals surface area contributed by atoms with Crippen LogP contribution in [0.4, 0.5) is 39.5 Å².